The number of nitrogens with two attached hydrogens (primary N) is 1. The summed E-state index contributed by atoms with van der Waals surface area (Å²) in [7, 11) is 3.58. The molecule has 2 saturated carbocycles. The highest BCUT2D eigenvalue weighted by molar-refractivity contribution is 6.31. The molecule has 3 aliphatic rings. The molecule has 9 nitrogen and oxygen atoms in total. The van der Waals surface area contributed by atoms with Gasteiger partial charge in [0.05, 0.1) is 17.0 Å². The number of primary amides is 1. The Kier molecular flexibility index (Phi) is 6.39. The first-order valence-corrected chi connectivity index (χ1v) is 12.7. The quantitative estimate of drug-likeness (QED) is 0.394. The first-order valence-electron chi connectivity index (χ1n) is 12.7. The minimum absolute atomic E-state index is 0.0489. The number of anilines is 1. The lowest BCUT2D eigenvalue weighted by molar-refractivity contribution is -0.175. The molecule has 2 unspecified atom stereocenters. The van der Waals surface area contributed by atoms with Crippen molar-refractivity contribution in [1.82, 2.24) is 0 Å². The highest BCUT2D eigenvalue weighted by atomic mass is 16.3. The number of nitrogens with zero attached hydrogens (tertiary/aromatic N) is 1. The van der Waals surface area contributed by atoms with Gasteiger partial charge in [0, 0.05) is 38.5 Å². The number of hydrogen-bond acceptors (Lipinski definition) is 8. The number of phenolic OH excluding ortho intramolecular Hbond substituents is 1. The lowest BCUT2D eigenvalue weighted by atomic mass is 9.53. The number of carbonyl (C=O) groups is 5. The number of aromatic hydroxyl groups is 1. The summed E-state index contributed by atoms with van der Waals surface area (Å²) < 4.78 is 0. The fourth-order valence-electron chi connectivity index (χ4n) is 6.35. The molecule has 9 heteroatoms. The molecule has 0 heterocycles. The second-order valence-electron chi connectivity index (χ2n) is 10.7. The molecule has 2 fully saturated rings. The van der Waals surface area contributed by atoms with Crippen molar-refractivity contribution in [2.75, 3.05) is 19.0 Å². The number of Topliss-reactive ketones (excluding diaryl/α,β-unsaturated/α-hetero) is 4. The Hall–Kier alpha value is -4.29. The zero-order chi connectivity index (χ0) is 28.2. The van der Waals surface area contributed by atoms with Crippen LogP contribution in [0, 0.1) is 35.5 Å². The van der Waals surface area contributed by atoms with Crippen LogP contribution in [-0.4, -0.2) is 58.9 Å². The fourth-order valence-corrected chi connectivity index (χ4v) is 6.35. The third-order valence-corrected chi connectivity index (χ3v) is 8.22. The maximum Gasteiger partial charge on any atom is 0.235 e. The predicted octanol–water partition coefficient (Wildman–Crippen LogP) is 0.987. The highest BCUT2D eigenvalue weighted by Crippen LogP contribution is 2.51. The van der Waals surface area contributed by atoms with Crippen LogP contribution >= 0.6 is 0 Å². The Morgan fingerprint density at radius 2 is 1.79 bits per heavy atom. The van der Waals surface area contributed by atoms with Crippen molar-refractivity contribution in [2.24, 2.45) is 29.4 Å². The lowest BCUT2D eigenvalue weighted by Gasteiger charge is -2.48. The Morgan fingerprint density at radius 3 is 2.44 bits per heavy atom. The Morgan fingerprint density at radius 1 is 1.10 bits per heavy atom. The van der Waals surface area contributed by atoms with Gasteiger partial charge in [0.1, 0.15) is 5.75 Å². The highest BCUT2D eigenvalue weighted by Gasteiger charge is 2.66. The lowest BCUT2D eigenvalue weighted by Crippen LogP contribution is -2.68. The number of aliphatic hydroxyl groups is 1. The van der Waals surface area contributed by atoms with E-state index in [-0.39, 0.29) is 36.1 Å². The summed E-state index contributed by atoms with van der Waals surface area (Å²) in [6.07, 6.45) is 0.313. The number of amides is 1. The van der Waals surface area contributed by atoms with Gasteiger partial charge in [-0.15, -0.1) is 0 Å². The number of fused-ring (bicyclic) bond motifs is 3. The van der Waals surface area contributed by atoms with Crippen molar-refractivity contribution < 1.29 is 34.2 Å². The number of benzene rings is 2. The molecule has 0 aromatic heterocycles. The molecule has 0 radical (unpaired) electrons. The molecule has 1 amide bonds. The van der Waals surface area contributed by atoms with E-state index in [2.05, 4.69) is 11.8 Å². The zero-order valence-corrected chi connectivity index (χ0v) is 21.6. The number of ketones is 4. The van der Waals surface area contributed by atoms with Crippen LogP contribution in [0.5, 0.6) is 5.75 Å². The average molecular weight is 529 g/mol. The molecule has 2 aromatic carbocycles. The topological polar surface area (TPSA) is 155 Å². The molecule has 39 heavy (non-hydrogen) atoms. The van der Waals surface area contributed by atoms with Gasteiger partial charge in [-0.1, -0.05) is 42.2 Å². The first-order chi connectivity index (χ1) is 18.5. The van der Waals surface area contributed by atoms with Gasteiger partial charge in [0.2, 0.25) is 5.91 Å². The Balaban J connectivity index is 1.57. The van der Waals surface area contributed by atoms with Crippen LogP contribution in [0.2, 0.25) is 0 Å². The standard InChI is InChI=1S/C30H28N2O7/c1-32(2)20-13-16(10-6-9-15-7-4-3-5-8-15)25(34)23-19(20)12-17-11-18-14-21(33)24(29(31)38)28(37)30(18,39)27(36)22(17)26(23)35/h3-5,7-8,13,17-18,22,24,34,39H,9,11-12,14H2,1-2H3,(H2,31,38)/t17-,18+,22?,24?,30+/m1/s1. The van der Waals surface area contributed by atoms with E-state index in [1.807, 2.05) is 30.3 Å². The van der Waals surface area contributed by atoms with Gasteiger partial charge in [-0.05, 0) is 36.0 Å². The summed E-state index contributed by atoms with van der Waals surface area (Å²) in [6.45, 7) is 0. The number of phenols is 1. The van der Waals surface area contributed by atoms with Gasteiger partial charge in [0.25, 0.3) is 0 Å². The monoisotopic (exact) mass is 528 g/mol. The summed E-state index contributed by atoms with van der Waals surface area (Å²) >= 11 is 0. The van der Waals surface area contributed by atoms with Crippen molar-refractivity contribution in [1.29, 1.82) is 0 Å². The van der Waals surface area contributed by atoms with Crippen LogP contribution in [0.25, 0.3) is 0 Å². The van der Waals surface area contributed by atoms with Crippen LogP contribution in [0.4, 0.5) is 5.69 Å². The largest absolute Gasteiger partial charge is 0.506 e. The van der Waals surface area contributed by atoms with Gasteiger partial charge in [-0.25, -0.2) is 0 Å². The molecule has 5 rings (SSSR count). The molecular weight excluding hydrogens is 500 g/mol. The SMILES string of the molecule is CN(C)c1cc(C#CCc2ccccc2)c(O)c2c1C[C@H]1C[C@H]3CC(=O)C(C(N)=O)C(=O)[C@@]3(O)C(=O)C1C2=O. The van der Waals surface area contributed by atoms with Crippen LogP contribution in [0.15, 0.2) is 36.4 Å². The van der Waals surface area contributed by atoms with Crippen LogP contribution in [0.3, 0.4) is 0 Å². The van der Waals surface area contributed by atoms with Crippen molar-refractivity contribution in [3.63, 3.8) is 0 Å². The van der Waals surface area contributed by atoms with Gasteiger partial charge in [-0.2, -0.15) is 0 Å². The smallest absolute Gasteiger partial charge is 0.235 e. The van der Waals surface area contributed by atoms with Crippen molar-refractivity contribution >= 4 is 34.7 Å². The zero-order valence-electron chi connectivity index (χ0n) is 21.6. The van der Waals surface area contributed by atoms with Crippen molar-refractivity contribution in [3.05, 3.63) is 58.7 Å². The average Bonchev–Trinajstić information content (AvgIpc) is 2.87. The van der Waals surface area contributed by atoms with Gasteiger partial charge in [0.15, 0.2) is 34.7 Å². The maximum absolute atomic E-state index is 13.9. The molecule has 5 atom stereocenters. The summed E-state index contributed by atoms with van der Waals surface area (Å²) in [5.41, 5.74) is 4.89. The third-order valence-electron chi connectivity index (χ3n) is 8.22. The fraction of sp³-hybridized carbons (Fsp3) is 0.367. The van der Waals surface area contributed by atoms with E-state index >= 15 is 0 Å². The van der Waals surface area contributed by atoms with Gasteiger partial charge in [-0.3, -0.25) is 24.0 Å². The van der Waals surface area contributed by atoms with Crippen LogP contribution in [-0.2, 0) is 32.0 Å². The Bertz CT molecular complexity index is 1500. The molecule has 4 N–H and O–H groups in total. The third kappa shape index (κ3) is 4.03. The van der Waals surface area contributed by atoms with E-state index < -0.39 is 58.3 Å². The van der Waals surface area contributed by atoms with E-state index in [4.69, 9.17) is 5.73 Å². The number of carbonyl (C=O) groups excluding carboxylic acids is 5. The van der Waals surface area contributed by atoms with E-state index in [1.54, 1.807) is 25.1 Å². The summed E-state index contributed by atoms with van der Waals surface area (Å²) in [5, 5.41) is 22.6. The summed E-state index contributed by atoms with van der Waals surface area (Å²) in [4.78, 5) is 66.8. The summed E-state index contributed by atoms with van der Waals surface area (Å²) in [6, 6.07) is 11.2. The van der Waals surface area contributed by atoms with E-state index in [9.17, 15) is 34.2 Å². The molecular formula is C30H28N2O7. The van der Waals surface area contributed by atoms with E-state index in [1.165, 1.54) is 0 Å². The van der Waals surface area contributed by atoms with Crippen molar-refractivity contribution in [2.45, 2.75) is 31.3 Å². The van der Waals surface area contributed by atoms with Crippen LogP contribution < -0.4 is 10.6 Å². The minimum atomic E-state index is -2.67. The second kappa shape index (κ2) is 9.47. The molecule has 3 aliphatic carbocycles. The molecule has 2 aromatic rings. The molecule has 0 bridgehead atoms. The van der Waals surface area contributed by atoms with E-state index in [0.717, 1.165) is 5.56 Å². The van der Waals surface area contributed by atoms with Gasteiger partial charge >= 0.3 is 0 Å². The number of rotatable bonds is 3. The molecule has 0 aliphatic heterocycles. The van der Waals surface area contributed by atoms with E-state index in [0.29, 0.717) is 17.7 Å². The first kappa shape index (κ1) is 26.3. The molecule has 0 saturated heterocycles. The normalized spacial score (nSPS) is 27.6. The van der Waals surface area contributed by atoms with Crippen molar-refractivity contribution in [3.8, 4) is 17.6 Å². The summed E-state index contributed by atoms with van der Waals surface area (Å²) in [5.74, 6) is -4.42. The molecule has 0 spiro atoms. The minimum Gasteiger partial charge on any atom is -0.506 e. The van der Waals surface area contributed by atoms with Gasteiger partial charge < -0.3 is 20.8 Å². The molecule has 200 valence electrons. The van der Waals surface area contributed by atoms with Crippen LogP contribution in [0.1, 0.15) is 39.9 Å². The predicted molar refractivity (Wildman–Crippen MR) is 140 cm³/mol. The maximum atomic E-state index is 13.9. The second-order valence-corrected chi connectivity index (χ2v) is 10.7. The Labute approximate surface area is 225 Å². The number of hydrogen-bond donors (Lipinski definition) is 3.